The molecule has 1 heterocycles. The number of nitrogens with one attached hydrogen (secondary N) is 1. The van der Waals surface area contributed by atoms with Gasteiger partial charge in [-0.2, -0.15) is 13.2 Å². The van der Waals surface area contributed by atoms with Crippen LogP contribution in [-0.2, 0) is 24.1 Å². The molecule has 170 valence electrons. The molecule has 0 aliphatic rings. The third-order valence-corrected chi connectivity index (χ3v) is 5.91. The van der Waals surface area contributed by atoms with Crippen molar-refractivity contribution in [1.29, 1.82) is 0 Å². The molecule has 0 amide bonds. The normalized spacial score (nSPS) is 11.5. The number of carboxylic acids is 1. The van der Waals surface area contributed by atoms with Gasteiger partial charge in [-0.1, -0.05) is 42.5 Å². The van der Waals surface area contributed by atoms with Crippen LogP contribution < -0.4 is 10.1 Å². The predicted octanol–water partition coefficient (Wildman–Crippen LogP) is 6.36. The number of benzene rings is 2. The number of rotatable bonds is 11. The smallest absolute Gasteiger partial charge is 0.426 e. The quantitative estimate of drug-likeness (QED) is 0.325. The van der Waals surface area contributed by atoms with E-state index in [1.807, 2.05) is 12.1 Å². The molecule has 3 aromatic rings. The summed E-state index contributed by atoms with van der Waals surface area (Å²) in [6.45, 7) is 1.44. The van der Waals surface area contributed by atoms with Crippen LogP contribution in [0.15, 0.2) is 60.7 Å². The van der Waals surface area contributed by atoms with E-state index in [1.54, 1.807) is 48.5 Å². The van der Waals surface area contributed by atoms with Crippen LogP contribution in [0.1, 0.15) is 34.6 Å². The molecule has 4 nitrogen and oxygen atoms in total. The van der Waals surface area contributed by atoms with Crippen molar-refractivity contribution in [2.45, 2.75) is 38.6 Å². The van der Waals surface area contributed by atoms with Gasteiger partial charge in [0.1, 0.15) is 17.2 Å². The van der Waals surface area contributed by atoms with Gasteiger partial charge in [-0.15, -0.1) is 11.3 Å². The molecule has 8 heteroatoms. The average Bonchev–Trinajstić information content (AvgIpc) is 3.21. The van der Waals surface area contributed by atoms with Crippen LogP contribution in [0.5, 0.6) is 5.75 Å². The van der Waals surface area contributed by atoms with Crippen LogP contribution in [0.2, 0.25) is 0 Å². The summed E-state index contributed by atoms with van der Waals surface area (Å²) in [6, 6.07) is 17.5. The summed E-state index contributed by atoms with van der Waals surface area (Å²) in [5, 5.41) is 11.9. The van der Waals surface area contributed by atoms with Crippen molar-refractivity contribution in [2.75, 3.05) is 6.54 Å². The highest BCUT2D eigenvalue weighted by Crippen LogP contribution is 2.43. The Labute approximate surface area is 188 Å². The summed E-state index contributed by atoms with van der Waals surface area (Å²) >= 11 is 0.706. The number of unbranched alkanes of at least 4 members (excludes halogenated alkanes) is 1. The van der Waals surface area contributed by atoms with Gasteiger partial charge in [0.2, 0.25) is 0 Å². The Kier molecular flexibility index (Phi) is 8.30. The highest BCUT2D eigenvalue weighted by Gasteiger charge is 2.36. The standard InChI is InChI=1S/C24H24F3NO3S/c25-24(26,27)23-21(18-6-2-1-3-7-18)14-20(32-23)16-31-19-11-9-17(10-12-19)15-28-13-5-4-8-22(29)30/h1-3,6-7,9-12,14,28H,4-5,8,13,15-16H2,(H,29,30). The van der Waals surface area contributed by atoms with E-state index in [2.05, 4.69) is 5.32 Å². The molecule has 0 spiro atoms. The van der Waals surface area contributed by atoms with Crippen LogP contribution in [0, 0.1) is 0 Å². The Morgan fingerprint density at radius 3 is 2.41 bits per heavy atom. The van der Waals surface area contributed by atoms with Crippen molar-refractivity contribution < 1.29 is 27.8 Å². The van der Waals surface area contributed by atoms with Crippen molar-refractivity contribution in [1.82, 2.24) is 5.32 Å². The van der Waals surface area contributed by atoms with Crippen molar-refractivity contribution in [3.63, 3.8) is 0 Å². The molecular weight excluding hydrogens is 439 g/mol. The molecule has 3 rings (SSSR count). The summed E-state index contributed by atoms with van der Waals surface area (Å²) in [7, 11) is 0. The monoisotopic (exact) mass is 463 g/mol. The van der Waals surface area contributed by atoms with Crippen LogP contribution in [0.3, 0.4) is 0 Å². The molecule has 0 saturated heterocycles. The predicted molar refractivity (Wildman–Crippen MR) is 119 cm³/mol. The van der Waals surface area contributed by atoms with E-state index in [0.717, 1.165) is 18.5 Å². The van der Waals surface area contributed by atoms with Gasteiger partial charge < -0.3 is 15.2 Å². The zero-order valence-electron chi connectivity index (χ0n) is 17.3. The Bertz CT molecular complexity index is 1000. The fourth-order valence-corrected chi connectivity index (χ4v) is 4.13. The van der Waals surface area contributed by atoms with Crippen LogP contribution >= 0.6 is 11.3 Å². The maximum atomic E-state index is 13.5. The van der Waals surface area contributed by atoms with Gasteiger partial charge in [0.25, 0.3) is 0 Å². The minimum absolute atomic E-state index is 0.0573. The Hall–Kier alpha value is -2.84. The molecular formula is C24H24F3NO3S. The minimum atomic E-state index is -4.42. The summed E-state index contributed by atoms with van der Waals surface area (Å²) in [5.41, 5.74) is 1.74. The molecule has 0 aliphatic carbocycles. The van der Waals surface area contributed by atoms with Crippen LogP contribution in [0.4, 0.5) is 13.2 Å². The largest absolute Gasteiger partial charge is 0.488 e. The summed E-state index contributed by atoms with van der Waals surface area (Å²) < 4.78 is 46.2. The van der Waals surface area contributed by atoms with Crippen molar-refractivity contribution >= 4 is 17.3 Å². The Morgan fingerprint density at radius 2 is 1.75 bits per heavy atom. The highest BCUT2D eigenvalue weighted by atomic mass is 32.1. The second-order valence-electron chi connectivity index (χ2n) is 7.28. The van der Waals surface area contributed by atoms with Crippen molar-refractivity contribution in [3.8, 4) is 16.9 Å². The molecule has 2 N–H and O–H groups in total. The lowest BCUT2D eigenvalue weighted by molar-refractivity contribution is -0.137. The maximum absolute atomic E-state index is 13.5. The number of halogens is 3. The fourth-order valence-electron chi connectivity index (χ4n) is 3.17. The second-order valence-corrected chi connectivity index (χ2v) is 8.42. The first-order valence-corrected chi connectivity index (χ1v) is 11.0. The van der Waals surface area contributed by atoms with E-state index in [9.17, 15) is 18.0 Å². The molecule has 0 saturated carbocycles. The molecule has 0 fully saturated rings. The zero-order valence-corrected chi connectivity index (χ0v) is 18.1. The molecule has 1 aromatic heterocycles. The van der Waals surface area contributed by atoms with E-state index in [4.69, 9.17) is 9.84 Å². The van der Waals surface area contributed by atoms with E-state index in [-0.39, 0.29) is 18.6 Å². The number of hydrogen-bond donors (Lipinski definition) is 2. The Balaban J connectivity index is 1.54. The number of carbonyl (C=O) groups is 1. The van der Waals surface area contributed by atoms with Gasteiger partial charge in [0, 0.05) is 23.4 Å². The number of aliphatic carboxylic acids is 1. The SMILES string of the molecule is O=C(O)CCCCNCc1ccc(OCc2cc(-c3ccccc3)c(C(F)(F)F)s2)cc1. The van der Waals surface area contributed by atoms with Gasteiger partial charge in [-0.25, -0.2) is 0 Å². The fraction of sp³-hybridized carbons (Fsp3) is 0.292. The van der Waals surface area contributed by atoms with E-state index in [1.165, 1.54) is 0 Å². The molecule has 0 aliphatic heterocycles. The summed E-state index contributed by atoms with van der Waals surface area (Å²) in [5.74, 6) is -0.201. The second kappa shape index (κ2) is 11.2. The lowest BCUT2D eigenvalue weighted by Gasteiger charge is -2.07. The molecule has 0 atom stereocenters. The van der Waals surface area contributed by atoms with Gasteiger partial charge in [0.05, 0.1) is 0 Å². The highest BCUT2D eigenvalue weighted by molar-refractivity contribution is 7.12. The number of thiophene rings is 1. The summed E-state index contributed by atoms with van der Waals surface area (Å²) in [4.78, 5) is 10.4. The molecule has 0 bridgehead atoms. The van der Waals surface area contributed by atoms with Gasteiger partial charge in [-0.05, 0) is 48.7 Å². The maximum Gasteiger partial charge on any atom is 0.426 e. The molecule has 2 aromatic carbocycles. The molecule has 0 unspecified atom stereocenters. The number of alkyl halides is 3. The third kappa shape index (κ3) is 7.10. The zero-order chi connectivity index (χ0) is 23.0. The van der Waals surface area contributed by atoms with Gasteiger partial charge in [0.15, 0.2) is 0 Å². The Morgan fingerprint density at radius 1 is 1.03 bits per heavy atom. The van der Waals surface area contributed by atoms with E-state index < -0.39 is 17.0 Å². The van der Waals surface area contributed by atoms with Crippen molar-refractivity contribution in [2.24, 2.45) is 0 Å². The first-order chi connectivity index (χ1) is 15.3. The summed E-state index contributed by atoms with van der Waals surface area (Å²) in [6.07, 6.45) is -2.81. The van der Waals surface area contributed by atoms with Gasteiger partial charge >= 0.3 is 12.1 Å². The first-order valence-electron chi connectivity index (χ1n) is 10.2. The number of hydrogen-bond acceptors (Lipinski definition) is 4. The van der Waals surface area contributed by atoms with Crippen LogP contribution in [-0.4, -0.2) is 17.6 Å². The topological polar surface area (TPSA) is 58.6 Å². The van der Waals surface area contributed by atoms with Gasteiger partial charge in [-0.3, -0.25) is 4.79 Å². The van der Waals surface area contributed by atoms with Crippen LogP contribution in [0.25, 0.3) is 11.1 Å². The number of carboxylic acid groups (broad SMARTS) is 1. The number of ether oxygens (including phenoxy) is 1. The first kappa shape index (κ1) is 23.8. The molecule has 0 radical (unpaired) electrons. The van der Waals surface area contributed by atoms with E-state index >= 15 is 0 Å². The lowest BCUT2D eigenvalue weighted by Crippen LogP contribution is -2.14. The lowest BCUT2D eigenvalue weighted by atomic mass is 10.1. The van der Waals surface area contributed by atoms with Crippen molar-refractivity contribution in [3.05, 3.63) is 76.0 Å². The average molecular weight is 464 g/mol. The minimum Gasteiger partial charge on any atom is -0.488 e. The van der Waals surface area contributed by atoms with E-state index in [0.29, 0.717) is 40.5 Å². The third-order valence-electron chi connectivity index (χ3n) is 4.75. The molecule has 32 heavy (non-hydrogen) atoms.